The molecule has 1 heterocycles. The van der Waals surface area contributed by atoms with E-state index in [4.69, 9.17) is 12.2 Å². The van der Waals surface area contributed by atoms with E-state index in [1.165, 1.54) is 32.1 Å². The topological polar surface area (TPSA) is 52.7 Å². The lowest BCUT2D eigenvalue weighted by Gasteiger charge is -2.24. The van der Waals surface area contributed by atoms with Crippen LogP contribution in [0.25, 0.3) is 0 Å². The lowest BCUT2D eigenvalue weighted by atomic mass is 9.96. The van der Waals surface area contributed by atoms with Crippen LogP contribution < -0.4 is 10.6 Å². The van der Waals surface area contributed by atoms with Gasteiger partial charge in [0.15, 0.2) is 5.11 Å². The molecule has 4 nitrogen and oxygen atoms in total. The second-order valence-corrected chi connectivity index (χ2v) is 4.31. The number of hydrogen-bond donors (Lipinski definition) is 3. The first-order valence-corrected chi connectivity index (χ1v) is 5.82. The molecule has 1 fully saturated rings. The number of nitrogens with one attached hydrogen (secondary N) is 3. The normalized spacial score (nSPS) is 17.3. The molecule has 0 unspecified atom stereocenters. The Morgan fingerprint density at radius 1 is 1.40 bits per heavy atom. The second kappa shape index (κ2) is 5.11. The molecule has 0 aromatic carbocycles. The predicted molar refractivity (Wildman–Crippen MR) is 64.8 cm³/mol. The first kappa shape index (κ1) is 10.4. The largest absolute Gasteiger partial charge is 0.360 e. The van der Waals surface area contributed by atoms with Crippen LogP contribution in [0.1, 0.15) is 32.1 Å². The van der Waals surface area contributed by atoms with Gasteiger partial charge in [0.25, 0.3) is 0 Å². The summed E-state index contributed by atoms with van der Waals surface area (Å²) in [5.41, 5.74) is 0. The van der Waals surface area contributed by atoms with Crippen molar-refractivity contribution in [1.29, 1.82) is 0 Å². The summed E-state index contributed by atoms with van der Waals surface area (Å²) >= 11 is 5.21. The van der Waals surface area contributed by atoms with E-state index in [0.29, 0.717) is 11.2 Å². The third-order valence-electron chi connectivity index (χ3n) is 2.69. The average Bonchev–Trinajstić information content (AvgIpc) is 2.71. The minimum Gasteiger partial charge on any atom is -0.360 e. The zero-order chi connectivity index (χ0) is 10.5. The standard InChI is InChI=1S/C10H16N4S/c15-10(13-9-6-7-11-14-9)12-8-4-2-1-3-5-8/h6-8H,1-5H2,(H3,11,12,13,14,15). The van der Waals surface area contributed by atoms with Gasteiger partial charge in [-0.15, -0.1) is 0 Å². The maximum atomic E-state index is 5.21. The van der Waals surface area contributed by atoms with Crippen molar-refractivity contribution in [1.82, 2.24) is 15.5 Å². The summed E-state index contributed by atoms with van der Waals surface area (Å²) in [6.45, 7) is 0. The number of aromatic nitrogens is 2. The first-order chi connectivity index (χ1) is 7.34. The van der Waals surface area contributed by atoms with E-state index in [0.717, 1.165) is 5.82 Å². The van der Waals surface area contributed by atoms with E-state index in [1.54, 1.807) is 6.20 Å². The summed E-state index contributed by atoms with van der Waals surface area (Å²) in [5.74, 6) is 0.836. The van der Waals surface area contributed by atoms with Crippen molar-refractivity contribution in [3.05, 3.63) is 12.3 Å². The zero-order valence-corrected chi connectivity index (χ0v) is 9.44. The van der Waals surface area contributed by atoms with Crippen molar-refractivity contribution in [3.63, 3.8) is 0 Å². The Balaban J connectivity index is 1.76. The summed E-state index contributed by atoms with van der Waals surface area (Å²) in [7, 11) is 0. The van der Waals surface area contributed by atoms with E-state index < -0.39 is 0 Å². The predicted octanol–water partition coefficient (Wildman–Crippen LogP) is 2.03. The van der Waals surface area contributed by atoms with Gasteiger partial charge in [-0.25, -0.2) is 0 Å². The zero-order valence-electron chi connectivity index (χ0n) is 8.62. The molecule has 1 aliphatic carbocycles. The number of thiocarbonyl (C=S) groups is 1. The molecule has 5 heteroatoms. The average molecular weight is 224 g/mol. The van der Waals surface area contributed by atoms with Crippen LogP contribution >= 0.6 is 12.2 Å². The van der Waals surface area contributed by atoms with Crippen molar-refractivity contribution in [2.24, 2.45) is 0 Å². The van der Waals surface area contributed by atoms with E-state index >= 15 is 0 Å². The number of aromatic amines is 1. The molecule has 82 valence electrons. The minimum atomic E-state index is 0.543. The van der Waals surface area contributed by atoms with Crippen LogP contribution in [0.4, 0.5) is 5.82 Å². The molecule has 0 aliphatic heterocycles. The molecule has 3 N–H and O–H groups in total. The van der Waals surface area contributed by atoms with Crippen LogP contribution in [0.3, 0.4) is 0 Å². The van der Waals surface area contributed by atoms with Crippen LogP contribution in [0.2, 0.25) is 0 Å². The Morgan fingerprint density at radius 2 is 2.20 bits per heavy atom. The summed E-state index contributed by atoms with van der Waals surface area (Å²) < 4.78 is 0. The first-order valence-electron chi connectivity index (χ1n) is 5.41. The highest BCUT2D eigenvalue weighted by atomic mass is 32.1. The third-order valence-corrected chi connectivity index (χ3v) is 2.91. The molecule has 0 radical (unpaired) electrons. The quantitative estimate of drug-likeness (QED) is 0.673. The molecule has 2 rings (SSSR count). The Morgan fingerprint density at radius 3 is 2.87 bits per heavy atom. The summed E-state index contributed by atoms with van der Waals surface area (Å²) in [6, 6.07) is 2.40. The Kier molecular flexibility index (Phi) is 3.55. The summed E-state index contributed by atoms with van der Waals surface area (Å²) in [6.07, 6.45) is 8.13. The molecule has 1 saturated carbocycles. The van der Waals surface area contributed by atoms with Crippen molar-refractivity contribution < 1.29 is 0 Å². The molecule has 15 heavy (non-hydrogen) atoms. The number of anilines is 1. The van der Waals surface area contributed by atoms with Crippen molar-refractivity contribution >= 4 is 23.1 Å². The van der Waals surface area contributed by atoms with Gasteiger partial charge in [0, 0.05) is 12.1 Å². The van der Waals surface area contributed by atoms with E-state index in [-0.39, 0.29) is 0 Å². The fourth-order valence-corrected chi connectivity index (χ4v) is 2.19. The maximum absolute atomic E-state index is 5.21. The summed E-state index contributed by atoms with van der Waals surface area (Å²) in [4.78, 5) is 0. The smallest absolute Gasteiger partial charge is 0.172 e. The van der Waals surface area contributed by atoms with Crippen LogP contribution in [0.15, 0.2) is 12.3 Å². The van der Waals surface area contributed by atoms with Gasteiger partial charge in [-0.1, -0.05) is 19.3 Å². The fraction of sp³-hybridized carbons (Fsp3) is 0.600. The van der Waals surface area contributed by atoms with Crippen LogP contribution in [0.5, 0.6) is 0 Å². The highest BCUT2D eigenvalue weighted by molar-refractivity contribution is 7.80. The molecule has 0 saturated heterocycles. The van der Waals surface area contributed by atoms with Gasteiger partial charge in [0.05, 0.1) is 6.20 Å². The number of nitrogens with zero attached hydrogens (tertiary/aromatic N) is 1. The highest BCUT2D eigenvalue weighted by Gasteiger charge is 2.13. The van der Waals surface area contributed by atoms with Gasteiger partial charge < -0.3 is 10.6 Å². The van der Waals surface area contributed by atoms with Gasteiger partial charge in [0.1, 0.15) is 5.82 Å². The SMILES string of the molecule is S=C(Nc1ccn[nH]1)NC1CCCCC1. The maximum Gasteiger partial charge on any atom is 0.172 e. The molecule has 0 spiro atoms. The van der Waals surface area contributed by atoms with Crippen molar-refractivity contribution in [2.75, 3.05) is 5.32 Å². The molecule has 0 atom stereocenters. The molecule has 0 amide bonds. The van der Waals surface area contributed by atoms with Gasteiger partial charge in [-0.05, 0) is 25.1 Å². The lowest BCUT2D eigenvalue weighted by Crippen LogP contribution is -2.38. The Bertz CT molecular complexity index is 303. The van der Waals surface area contributed by atoms with Crippen molar-refractivity contribution in [2.45, 2.75) is 38.1 Å². The number of hydrogen-bond acceptors (Lipinski definition) is 2. The Labute approximate surface area is 94.8 Å². The molecule has 0 bridgehead atoms. The van der Waals surface area contributed by atoms with Gasteiger partial charge in [0.2, 0.25) is 0 Å². The minimum absolute atomic E-state index is 0.543. The molecule has 1 aromatic rings. The molecule has 1 aliphatic rings. The molecular weight excluding hydrogens is 208 g/mol. The summed E-state index contributed by atoms with van der Waals surface area (Å²) in [5, 5.41) is 13.8. The van der Waals surface area contributed by atoms with E-state index in [2.05, 4.69) is 20.8 Å². The third kappa shape index (κ3) is 3.20. The molecular formula is C10H16N4S. The van der Waals surface area contributed by atoms with Crippen LogP contribution in [0, 0.1) is 0 Å². The van der Waals surface area contributed by atoms with E-state index in [1.807, 2.05) is 6.07 Å². The van der Waals surface area contributed by atoms with Gasteiger partial charge >= 0.3 is 0 Å². The highest BCUT2D eigenvalue weighted by Crippen LogP contribution is 2.17. The second-order valence-electron chi connectivity index (χ2n) is 3.90. The fourth-order valence-electron chi connectivity index (χ4n) is 1.92. The Hall–Kier alpha value is -1.10. The van der Waals surface area contributed by atoms with Gasteiger partial charge in [-0.3, -0.25) is 5.10 Å². The monoisotopic (exact) mass is 224 g/mol. The number of rotatable bonds is 2. The van der Waals surface area contributed by atoms with Gasteiger partial charge in [-0.2, -0.15) is 5.10 Å². The van der Waals surface area contributed by atoms with E-state index in [9.17, 15) is 0 Å². The molecule has 1 aromatic heterocycles. The van der Waals surface area contributed by atoms with Crippen molar-refractivity contribution in [3.8, 4) is 0 Å². The lowest BCUT2D eigenvalue weighted by molar-refractivity contribution is 0.415. The van der Waals surface area contributed by atoms with Crippen LogP contribution in [-0.2, 0) is 0 Å². The van der Waals surface area contributed by atoms with Crippen LogP contribution in [-0.4, -0.2) is 21.4 Å². The number of H-pyrrole nitrogens is 1.